The van der Waals surface area contributed by atoms with Crippen molar-refractivity contribution in [3.63, 3.8) is 0 Å². The SMILES string of the molecule is Cc1ccc(-c2ccccc2CN2CC[C@@H](N3CCN(C)CC3)[C@H](O)C2)o1. The Bertz CT molecular complexity index is 752. The molecule has 1 aromatic carbocycles. The molecule has 2 saturated heterocycles. The van der Waals surface area contributed by atoms with Gasteiger partial charge in [-0.2, -0.15) is 0 Å². The van der Waals surface area contributed by atoms with Gasteiger partial charge < -0.3 is 14.4 Å². The number of rotatable bonds is 4. The fourth-order valence-corrected chi connectivity index (χ4v) is 4.43. The first-order chi connectivity index (χ1) is 13.1. The largest absolute Gasteiger partial charge is 0.461 e. The van der Waals surface area contributed by atoms with Crippen molar-refractivity contribution in [1.29, 1.82) is 0 Å². The number of hydrogen-bond acceptors (Lipinski definition) is 5. The summed E-state index contributed by atoms with van der Waals surface area (Å²) in [5.74, 6) is 1.86. The number of likely N-dealkylation sites (tertiary alicyclic amines) is 1. The molecule has 5 heteroatoms. The molecule has 0 bridgehead atoms. The van der Waals surface area contributed by atoms with E-state index in [1.807, 2.05) is 19.1 Å². The monoisotopic (exact) mass is 369 g/mol. The van der Waals surface area contributed by atoms with Crippen LogP contribution in [0, 0.1) is 6.92 Å². The number of benzene rings is 1. The molecule has 2 atom stereocenters. The third kappa shape index (κ3) is 4.27. The number of aliphatic hydroxyl groups excluding tert-OH is 1. The van der Waals surface area contributed by atoms with Crippen molar-refractivity contribution in [1.82, 2.24) is 14.7 Å². The van der Waals surface area contributed by atoms with Crippen LogP contribution in [-0.4, -0.2) is 78.3 Å². The van der Waals surface area contributed by atoms with Crippen molar-refractivity contribution >= 4 is 0 Å². The molecular weight excluding hydrogens is 338 g/mol. The lowest BCUT2D eigenvalue weighted by atomic mass is 9.97. The Morgan fingerprint density at radius 3 is 2.52 bits per heavy atom. The van der Waals surface area contributed by atoms with Gasteiger partial charge in [0.1, 0.15) is 11.5 Å². The highest BCUT2D eigenvalue weighted by molar-refractivity contribution is 5.62. The predicted molar refractivity (Wildman–Crippen MR) is 108 cm³/mol. The van der Waals surface area contributed by atoms with Crippen LogP contribution in [0.15, 0.2) is 40.8 Å². The lowest BCUT2D eigenvalue weighted by Crippen LogP contribution is -2.58. The summed E-state index contributed by atoms with van der Waals surface area (Å²) >= 11 is 0. The van der Waals surface area contributed by atoms with E-state index in [0.29, 0.717) is 6.04 Å². The molecule has 2 fully saturated rings. The second kappa shape index (κ2) is 8.15. The van der Waals surface area contributed by atoms with Gasteiger partial charge in [0.25, 0.3) is 0 Å². The van der Waals surface area contributed by atoms with Gasteiger partial charge in [-0.3, -0.25) is 9.80 Å². The summed E-state index contributed by atoms with van der Waals surface area (Å²) in [4.78, 5) is 7.23. The molecule has 27 heavy (non-hydrogen) atoms. The topological polar surface area (TPSA) is 43.1 Å². The van der Waals surface area contributed by atoms with Gasteiger partial charge >= 0.3 is 0 Å². The van der Waals surface area contributed by atoms with Crippen molar-refractivity contribution < 1.29 is 9.52 Å². The van der Waals surface area contributed by atoms with Crippen LogP contribution >= 0.6 is 0 Å². The molecule has 0 unspecified atom stereocenters. The van der Waals surface area contributed by atoms with Gasteiger partial charge in [0, 0.05) is 57.4 Å². The number of piperidine rings is 1. The molecule has 0 saturated carbocycles. The van der Waals surface area contributed by atoms with E-state index in [-0.39, 0.29) is 6.10 Å². The number of aryl methyl sites for hydroxylation is 1. The highest BCUT2D eigenvalue weighted by Gasteiger charge is 2.33. The normalized spacial score (nSPS) is 25.7. The van der Waals surface area contributed by atoms with Gasteiger partial charge in [0.2, 0.25) is 0 Å². The number of β-amino-alcohol motifs (C(OH)–C–C–N with tert-alkyl or cyclic N) is 1. The Hall–Kier alpha value is -1.66. The predicted octanol–water partition coefficient (Wildman–Crippen LogP) is 2.44. The van der Waals surface area contributed by atoms with Gasteiger partial charge in [-0.1, -0.05) is 24.3 Å². The van der Waals surface area contributed by atoms with Crippen LogP contribution in [0.5, 0.6) is 0 Å². The zero-order valence-corrected chi connectivity index (χ0v) is 16.5. The summed E-state index contributed by atoms with van der Waals surface area (Å²) in [6.45, 7) is 8.93. The van der Waals surface area contributed by atoms with Gasteiger partial charge in [0.05, 0.1) is 6.10 Å². The molecule has 3 heterocycles. The van der Waals surface area contributed by atoms with E-state index in [0.717, 1.165) is 69.3 Å². The first-order valence-electron chi connectivity index (χ1n) is 10.1. The number of furan rings is 1. The van der Waals surface area contributed by atoms with Crippen molar-refractivity contribution in [2.75, 3.05) is 46.3 Å². The highest BCUT2D eigenvalue weighted by atomic mass is 16.3. The molecule has 1 aromatic heterocycles. The average Bonchev–Trinajstić information content (AvgIpc) is 3.09. The lowest BCUT2D eigenvalue weighted by molar-refractivity contribution is -0.0285. The number of likely N-dealkylation sites (N-methyl/N-ethyl adjacent to an activating group) is 1. The molecule has 1 N–H and O–H groups in total. The molecule has 0 spiro atoms. The summed E-state index contributed by atoms with van der Waals surface area (Å²) in [5, 5.41) is 10.8. The molecule has 0 amide bonds. The molecule has 5 nitrogen and oxygen atoms in total. The van der Waals surface area contributed by atoms with E-state index in [4.69, 9.17) is 4.42 Å². The zero-order chi connectivity index (χ0) is 18.8. The second-order valence-electron chi connectivity index (χ2n) is 8.07. The molecule has 0 radical (unpaired) electrons. The minimum atomic E-state index is -0.278. The highest BCUT2D eigenvalue weighted by Crippen LogP contribution is 2.28. The van der Waals surface area contributed by atoms with Crippen molar-refractivity contribution in [3.8, 4) is 11.3 Å². The third-order valence-corrected chi connectivity index (χ3v) is 6.05. The van der Waals surface area contributed by atoms with Crippen LogP contribution in [0.25, 0.3) is 11.3 Å². The molecule has 2 aliphatic rings. The van der Waals surface area contributed by atoms with E-state index < -0.39 is 0 Å². The van der Waals surface area contributed by atoms with Gasteiger partial charge in [-0.25, -0.2) is 0 Å². The van der Waals surface area contributed by atoms with Crippen LogP contribution in [0.3, 0.4) is 0 Å². The fourth-order valence-electron chi connectivity index (χ4n) is 4.43. The number of hydrogen-bond donors (Lipinski definition) is 1. The van der Waals surface area contributed by atoms with Gasteiger partial charge in [0.15, 0.2) is 0 Å². The fraction of sp³-hybridized carbons (Fsp3) is 0.545. The minimum Gasteiger partial charge on any atom is -0.461 e. The van der Waals surface area contributed by atoms with Gasteiger partial charge in [-0.15, -0.1) is 0 Å². The number of aliphatic hydroxyl groups is 1. The van der Waals surface area contributed by atoms with E-state index in [9.17, 15) is 5.11 Å². The molecule has 2 aromatic rings. The second-order valence-corrected chi connectivity index (χ2v) is 8.07. The quantitative estimate of drug-likeness (QED) is 0.897. The van der Waals surface area contributed by atoms with E-state index in [1.54, 1.807) is 0 Å². The van der Waals surface area contributed by atoms with E-state index >= 15 is 0 Å². The first kappa shape index (κ1) is 18.7. The van der Waals surface area contributed by atoms with E-state index in [2.05, 4.69) is 46.0 Å². The molecule has 2 aliphatic heterocycles. The molecule has 4 rings (SSSR count). The molecule has 146 valence electrons. The zero-order valence-electron chi connectivity index (χ0n) is 16.5. The Kier molecular flexibility index (Phi) is 5.64. The Morgan fingerprint density at radius 1 is 1.04 bits per heavy atom. The lowest BCUT2D eigenvalue weighted by Gasteiger charge is -2.44. The van der Waals surface area contributed by atoms with Crippen LogP contribution in [-0.2, 0) is 6.54 Å². The van der Waals surface area contributed by atoms with Crippen molar-refractivity contribution in [2.45, 2.75) is 32.0 Å². The van der Waals surface area contributed by atoms with Crippen LogP contribution in [0.1, 0.15) is 17.7 Å². The van der Waals surface area contributed by atoms with Gasteiger partial charge in [-0.05, 0) is 38.1 Å². The smallest absolute Gasteiger partial charge is 0.134 e. The maximum Gasteiger partial charge on any atom is 0.134 e. The van der Waals surface area contributed by atoms with Crippen LogP contribution in [0.2, 0.25) is 0 Å². The summed E-state index contributed by atoms with van der Waals surface area (Å²) in [7, 11) is 2.17. The summed E-state index contributed by atoms with van der Waals surface area (Å²) in [6, 6.07) is 12.8. The van der Waals surface area contributed by atoms with Crippen LogP contribution in [0.4, 0.5) is 0 Å². The Balaban J connectivity index is 1.41. The summed E-state index contributed by atoms with van der Waals surface area (Å²) < 4.78 is 5.85. The summed E-state index contributed by atoms with van der Waals surface area (Å²) in [6.07, 6.45) is 0.757. The third-order valence-electron chi connectivity index (χ3n) is 6.05. The maximum absolute atomic E-state index is 10.8. The Morgan fingerprint density at radius 2 is 1.81 bits per heavy atom. The summed E-state index contributed by atoms with van der Waals surface area (Å²) in [5.41, 5.74) is 2.42. The molecule has 0 aliphatic carbocycles. The van der Waals surface area contributed by atoms with Crippen LogP contribution < -0.4 is 0 Å². The van der Waals surface area contributed by atoms with Crippen molar-refractivity contribution in [2.24, 2.45) is 0 Å². The molecular formula is C22H31N3O2. The Labute approximate surface area is 162 Å². The standard InChI is InChI=1S/C22H31N3O2/c1-17-7-8-22(27-17)19-6-4-3-5-18(19)15-24-10-9-20(21(26)16-24)25-13-11-23(2)12-14-25/h3-8,20-21,26H,9-16H2,1-2H3/t20-,21-/m1/s1. The number of nitrogens with zero attached hydrogens (tertiary/aromatic N) is 3. The maximum atomic E-state index is 10.8. The van der Waals surface area contributed by atoms with E-state index in [1.165, 1.54) is 5.56 Å². The van der Waals surface area contributed by atoms with Crippen molar-refractivity contribution in [3.05, 3.63) is 47.7 Å². The minimum absolute atomic E-state index is 0.278. The first-order valence-corrected chi connectivity index (χ1v) is 10.1. The number of piperazine rings is 1. The average molecular weight is 370 g/mol.